The Hall–Kier alpha value is -0.810. The largest absolute Gasteiger partial charge is 0.379 e. The maximum atomic E-state index is 11.7. The highest BCUT2D eigenvalue weighted by molar-refractivity contribution is 5.74. The van der Waals surface area contributed by atoms with Gasteiger partial charge in [-0.25, -0.2) is 4.79 Å². The molecule has 0 aromatic carbocycles. The molecule has 0 radical (unpaired) electrons. The van der Waals surface area contributed by atoms with Gasteiger partial charge in [0.05, 0.1) is 19.8 Å². The van der Waals surface area contributed by atoms with Crippen molar-refractivity contribution in [2.24, 2.45) is 0 Å². The summed E-state index contributed by atoms with van der Waals surface area (Å²) >= 11 is 0. The predicted molar refractivity (Wildman–Crippen MR) is 70.8 cm³/mol. The normalized spacial score (nSPS) is 15.7. The van der Waals surface area contributed by atoms with Gasteiger partial charge in [-0.15, -0.1) is 0 Å². The van der Waals surface area contributed by atoms with Gasteiger partial charge in [0.15, 0.2) is 0 Å². The third-order valence-electron chi connectivity index (χ3n) is 2.89. The van der Waals surface area contributed by atoms with Gasteiger partial charge in [0.25, 0.3) is 0 Å². The Bertz CT molecular complexity index is 218. The lowest BCUT2D eigenvalue weighted by Crippen LogP contribution is -2.43. The predicted octanol–water partition coefficient (Wildman–Crippen LogP) is 1.63. The molecule has 1 rings (SSSR count). The number of nitrogens with one attached hydrogen (secondary N) is 1. The maximum absolute atomic E-state index is 11.7. The standard InChI is InChI=1S/C13H26N2O3/c1-2-9-17-11-12-18-10-6-14-13(16)15-7-4-3-5-8-15/h2-12H2,1H3,(H,14,16). The van der Waals surface area contributed by atoms with Crippen LogP contribution in [0.15, 0.2) is 0 Å². The molecule has 5 nitrogen and oxygen atoms in total. The van der Waals surface area contributed by atoms with E-state index in [4.69, 9.17) is 9.47 Å². The van der Waals surface area contributed by atoms with Crippen LogP contribution < -0.4 is 5.32 Å². The lowest BCUT2D eigenvalue weighted by Gasteiger charge is -2.26. The van der Waals surface area contributed by atoms with Gasteiger partial charge in [-0.05, 0) is 25.7 Å². The summed E-state index contributed by atoms with van der Waals surface area (Å²) in [5, 5.41) is 2.88. The van der Waals surface area contributed by atoms with Crippen LogP contribution >= 0.6 is 0 Å². The van der Waals surface area contributed by atoms with Gasteiger partial charge in [-0.2, -0.15) is 0 Å². The van der Waals surface area contributed by atoms with Crippen molar-refractivity contribution in [3.05, 3.63) is 0 Å². The number of rotatable bonds is 8. The van der Waals surface area contributed by atoms with Crippen LogP contribution in [0.25, 0.3) is 0 Å². The first-order valence-electron chi connectivity index (χ1n) is 7.03. The highest BCUT2D eigenvalue weighted by Crippen LogP contribution is 2.07. The Morgan fingerprint density at radius 2 is 1.72 bits per heavy atom. The summed E-state index contributed by atoms with van der Waals surface area (Å²) in [6.07, 6.45) is 4.52. The third kappa shape index (κ3) is 6.81. The summed E-state index contributed by atoms with van der Waals surface area (Å²) in [7, 11) is 0. The molecule has 0 unspecified atom stereocenters. The molecule has 0 aromatic heterocycles. The minimum atomic E-state index is 0.0422. The molecule has 1 heterocycles. The molecule has 1 aliphatic heterocycles. The van der Waals surface area contributed by atoms with E-state index in [9.17, 15) is 4.79 Å². The molecule has 0 spiro atoms. The number of piperidine rings is 1. The molecule has 2 amide bonds. The zero-order valence-corrected chi connectivity index (χ0v) is 11.5. The Balaban J connectivity index is 1.89. The monoisotopic (exact) mass is 258 g/mol. The van der Waals surface area contributed by atoms with Crippen LogP contribution in [0.1, 0.15) is 32.6 Å². The Morgan fingerprint density at radius 3 is 2.39 bits per heavy atom. The van der Waals surface area contributed by atoms with Crippen molar-refractivity contribution in [3.8, 4) is 0 Å². The van der Waals surface area contributed by atoms with E-state index in [-0.39, 0.29) is 6.03 Å². The van der Waals surface area contributed by atoms with Crippen LogP contribution in [-0.2, 0) is 9.47 Å². The van der Waals surface area contributed by atoms with E-state index >= 15 is 0 Å². The van der Waals surface area contributed by atoms with E-state index in [0.717, 1.165) is 39.0 Å². The van der Waals surface area contributed by atoms with Gasteiger partial charge in [-0.3, -0.25) is 0 Å². The number of hydrogen-bond donors (Lipinski definition) is 1. The lowest BCUT2D eigenvalue weighted by molar-refractivity contribution is 0.0492. The van der Waals surface area contributed by atoms with Crippen molar-refractivity contribution in [2.75, 3.05) is 46.1 Å². The molecular formula is C13H26N2O3. The quantitative estimate of drug-likeness (QED) is 0.673. The maximum Gasteiger partial charge on any atom is 0.317 e. The molecule has 0 atom stereocenters. The first-order chi connectivity index (χ1) is 8.84. The van der Waals surface area contributed by atoms with Crippen LogP contribution in [0, 0.1) is 0 Å². The summed E-state index contributed by atoms with van der Waals surface area (Å²) in [6, 6.07) is 0.0422. The van der Waals surface area contributed by atoms with E-state index in [1.807, 2.05) is 4.90 Å². The topological polar surface area (TPSA) is 50.8 Å². The van der Waals surface area contributed by atoms with Crippen molar-refractivity contribution in [2.45, 2.75) is 32.6 Å². The smallest absolute Gasteiger partial charge is 0.317 e. The molecule has 5 heteroatoms. The molecule has 1 fully saturated rings. The van der Waals surface area contributed by atoms with E-state index in [0.29, 0.717) is 26.4 Å². The van der Waals surface area contributed by atoms with Crippen molar-refractivity contribution in [1.29, 1.82) is 0 Å². The fourth-order valence-electron chi connectivity index (χ4n) is 1.91. The molecule has 0 bridgehead atoms. The molecule has 1 N–H and O–H groups in total. The van der Waals surface area contributed by atoms with Crippen molar-refractivity contribution in [3.63, 3.8) is 0 Å². The summed E-state index contributed by atoms with van der Waals surface area (Å²) in [4.78, 5) is 13.6. The van der Waals surface area contributed by atoms with Gasteiger partial charge >= 0.3 is 6.03 Å². The summed E-state index contributed by atoms with van der Waals surface area (Å²) in [6.45, 7) is 6.99. The third-order valence-corrected chi connectivity index (χ3v) is 2.89. The second-order valence-electron chi connectivity index (χ2n) is 4.50. The van der Waals surface area contributed by atoms with Crippen LogP contribution in [0.5, 0.6) is 0 Å². The fraction of sp³-hybridized carbons (Fsp3) is 0.923. The molecular weight excluding hydrogens is 232 g/mol. The molecule has 1 saturated heterocycles. The number of likely N-dealkylation sites (tertiary alicyclic amines) is 1. The van der Waals surface area contributed by atoms with E-state index < -0.39 is 0 Å². The lowest BCUT2D eigenvalue weighted by atomic mass is 10.1. The van der Waals surface area contributed by atoms with E-state index in [2.05, 4.69) is 12.2 Å². The Labute approximate surface area is 110 Å². The number of amides is 2. The molecule has 0 saturated carbocycles. The van der Waals surface area contributed by atoms with Gasteiger partial charge in [0, 0.05) is 26.2 Å². The number of carbonyl (C=O) groups is 1. The Kier molecular flexibility index (Phi) is 8.59. The Morgan fingerprint density at radius 1 is 1.06 bits per heavy atom. The zero-order chi connectivity index (χ0) is 13.1. The van der Waals surface area contributed by atoms with Gasteiger partial charge in [-0.1, -0.05) is 6.92 Å². The molecule has 0 aliphatic carbocycles. The number of ether oxygens (including phenoxy) is 2. The number of nitrogens with zero attached hydrogens (tertiary/aromatic N) is 1. The highest BCUT2D eigenvalue weighted by atomic mass is 16.5. The second-order valence-corrected chi connectivity index (χ2v) is 4.50. The zero-order valence-electron chi connectivity index (χ0n) is 11.5. The fourth-order valence-corrected chi connectivity index (χ4v) is 1.91. The summed E-state index contributed by atoms with van der Waals surface area (Å²) in [5.74, 6) is 0. The average Bonchev–Trinajstić information content (AvgIpc) is 2.42. The van der Waals surface area contributed by atoms with Crippen LogP contribution in [0.4, 0.5) is 4.79 Å². The summed E-state index contributed by atoms with van der Waals surface area (Å²) in [5.41, 5.74) is 0. The van der Waals surface area contributed by atoms with Gasteiger partial charge in [0.2, 0.25) is 0 Å². The first-order valence-corrected chi connectivity index (χ1v) is 7.03. The number of carbonyl (C=O) groups excluding carboxylic acids is 1. The summed E-state index contributed by atoms with van der Waals surface area (Å²) < 4.78 is 10.6. The van der Waals surface area contributed by atoms with Crippen LogP contribution in [0.3, 0.4) is 0 Å². The van der Waals surface area contributed by atoms with Crippen molar-refractivity contribution in [1.82, 2.24) is 10.2 Å². The molecule has 18 heavy (non-hydrogen) atoms. The highest BCUT2D eigenvalue weighted by Gasteiger charge is 2.15. The number of urea groups is 1. The van der Waals surface area contributed by atoms with E-state index in [1.165, 1.54) is 6.42 Å². The first kappa shape index (κ1) is 15.2. The second kappa shape index (κ2) is 10.1. The van der Waals surface area contributed by atoms with Gasteiger partial charge < -0.3 is 19.7 Å². The number of hydrogen-bond acceptors (Lipinski definition) is 3. The average molecular weight is 258 g/mol. The van der Waals surface area contributed by atoms with Gasteiger partial charge in [0.1, 0.15) is 0 Å². The minimum Gasteiger partial charge on any atom is -0.379 e. The van der Waals surface area contributed by atoms with Crippen molar-refractivity contribution < 1.29 is 14.3 Å². The van der Waals surface area contributed by atoms with E-state index in [1.54, 1.807) is 0 Å². The van der Waals surface area contributed by atoms with Crippen LogP contribution in [-0.4, -0.2) is 57.0 Å². The molecule has 106 valence electrons. The van der Waals surface area contributed by atoms with Crippen molar-refractivity contribution >= 4 is 6.03 Å². The molecule has 1 aliphatic rings. The molecule has 0 aromatic rings. The minimum absolute atomic E-state index is 0.0422. The van der Waals surface area contributed by atoms with Crippen LogP contribution in [0.2, 0.25) is 0 Å². The SMILES string of the molecule is CCCOCCOCCNC(=O)N1CCCCC1.